The quantitative estimate of drug-likeness (QED) is 0.754. The summed E-state index contributed by atoms with van der Waals surface area (Å²) >= 11 is 0. The number of ether oxygens (including phenoxy) is 2. The number of H-pyrrole nitrogens is 1. The van der Waals surface area contributed by atoms with E-state index in [-0.39, 0.29) is 5.69 Å². The van der Waals surface area contributed by atoms with E-state index in [4.69, 9.17) is 9.47 Å². The van der Waals surface area contributed by atoms with E-state index < -0.39 is 0 Å². The summed E-state index contributed by atoms with van der Waals surface area (Å²) in [5.74, 6) is 2.26. The highest BCUT2D eigenvalue weighted by molar-refractivity contribution is 5.31. The Labute approximate surface area is 139 Å². The second-order valence-electron chi connectivity index (χ2n) is 5.41. The molecule has 3 aromatic rings. The third-order valence-electron chi connectivity index (χ3n) is 3.83. The molecule has 1 aromatic heterocycles. The SMILES string of the molecule is COc1ccc(Cn2c(Cc3cccc(OC)c3)n[nH]c2=O)cc1. The van der Waals surface area contributed by atoms with Gasteiger partial charge in [-0.2, -0.15) is 5.10 Å². The summed E-state index contributed by atoms with van der Waals surface area (Å²) in [6.07, 6.45) is 0.548. The summed E-state index contributed by atoms with van der Waals surface area (Å²) in [6, 6.07) is 15.4. The molecular formula is C18H19N3O3. The number of hydrogen-bond donors (Lipinski definition) is 1. The molecule has 6 heteroatoms. The Balaban J connectivity index is 1.83. The van der Waals surface area contributed by atoms with Crippen LogP contribution in [0.2, 0.25) is 0 Å². The Kier molecular flexibility index (Phi) is 4.65. The van der Waals surface area contributed by atoms with Gasteiger partial charge in [0.15, 0.2) is 0 Å². The molecule has 3 rings (SSSR count). The molecule has 0 atom stereocenters. The number of hydrogen-bond acceptors (Lipinski definition) is 4. The monoisotopic (exact) mass is 325 g/mol. The second-order valence-corrected chi connectivity index (χ2v) is 5.41. The molecule has 0 aliphatic heterocycles. The van der Waals surface area contributed by atoms with Crippen LogP contribution in [0.1, 0.15) is 17.0 Å². The summed E-state index contributed by atoms with van der Waals surface area (Å²) in [7, 11) is 3.26. The van der Waals surface area contributed by atoms with Gasteiger partial charge in [-0.15, -0.1) is 0 Å². The summed E-state index contributed by atoms with van der Waals surface area (Å²) in [6.45, 7) is 0.457. The third-order valence-corrected chi connectivity index (χ3v) is 3.83. The molecule has 0 spiro atoms. The highest BCUT2D eigenvalue weighted by atomic mass is 16.5. The van der Waals surface area contributed by atoms with Crippen molar-refractivity contribution in [1.29, 1.82) is 0 Å². The molecule has 1 N–H and O–H groups in total. The van der Waals surface area contributed by atoms with Crippen LogP contribution in [0.3, 0.4) is 0 Å². The lowest BCUT2D eigenvalue weighted by Crippen LogP contribution is -2.19. The van der Waals surface area contributed by atoms with Crippen molar-refractivity contribution in [2.24, 2.45) is 0 Å². The van der Waals surface area contributed by atoms with Gasteiger partial charge in [-0.3, -0.25) is 4.57 Å². The van der Waals surface area contributed by atoms with Crippen molar-refractivity contribution in [2.75, 3.05) is 14.2 Å². The zero-order chi connectivity index (χ0) is 16.9. The van der Waals surface area contributed by atoms with Crippen molar-refractivity contribution in [2.45, 2.75) is 13.0 Å². The topological polar surface area (TPSA) is 69.1 Å². The number of rotatable bonds is 6. The minimum Gasteiger partial charge on any atom is -0.497 e. The predicted octanol–water partition coefficient (Wildman–Crippen LogP) is 2.23. The minimum absolute atomic E-state index is 0.219. The molecule has 0 aliphatic rings. The zero-order valence-electron chi connectivity index (χ0n) is 13.7. The maximum atomic E-state index is 12.1. The van der Waals surface area contributed by atoms with Gasteiger partial charge in [0.05, 0.1) is 20.8 Å². The first-order valence-electron chi connectivity index (χ1n) is 7.59. The van der Waals surface area contributed by atoms with Crippen molar-refractivity contribution in [1.82, 2.24) is 14.8 Å². The second kappa shape index (κ2) is 7.04. The van der Waals surface area contributed by atoms with Crippen molar-refractivity contribution in [3.05, 3.63) is 76.0 Å². The smallest absolute Gasteiger partial charge is 0.343 e. The van der Waals surface area contributed by atoms with E-state index in [2.05, 4.69) is 10.2 Å². The van der Waals surface area contributed by atoms with Gasteiger partial charge in [0.25, 0.3) is 0 Å². The van der Waals surface area contributed by atoms with Gasteiger partial charge in [-0.1, -0.05) is 24.3 Å². The van der Waals surface area contributed by atoms with E-state index in [0.717, 1.165) is 22.6 Å². The number of methoxy groups -OCH3 is 2. The van der Waals surface area contributed by atoms with Gasteiger partial charge in [0.2, 0.25) is 0 Å². The van der Waals surface area contributed by atoms with Crippen LogP contribution >= 0.6 is 0 Å². The molecule has 0 bridgehead atoms. The largest absolute Gasteiger partial charge is 0.497 e. The molecular weight excluding hydrogens is 306 g/mol. The molecule has 0 fully saturated rings. The lowest BCUT2D eigenvalue weighted by Gasteiger charge is -2.08. The fourth-order valence-electron chi connectivity index (χ4n) is 2.53. The number of aromatic amines is 1. The lowest BCUT2D eigenvalue weighted by atomic mass is 10.1. The van der Waals surface area contributed by atoms with Crippen LogP contribution in [-0.4, -0.2) is 29.0 Å². The Hall–Kier alpha value is -3.02. The van der Waals surface area contributed by atoms with E-state index in [9.17, 15) is 4.79 Å². The van der Waals surface area contributed by atoms with Gasteiger partial charge < -0.3 is 9.47 Å². The van der Waals surface area contributed by atoms with Crippen LogP contribution in [0, 0.1) is 0 Å². The lowest BCUT2D eigenvalue weighted by molar-refractivity contribution is 0.414. The molecule has 24 heavy (non-hydrogen) atoms. The van der Waals surface area contributed by atoms with Gasteiger partial charge in [0.1, 0.15) is 17.3 Å². The first-order valence-corrected chi connectivity index (χ1v) is 7.59. The standard InChI is InChI=1S/C18H19N3O3/c1-23-15-8-6-13(7-9-15)12-21-17(19-20-18(21)22)11-14-4-3-5-16(10-14)24-2/h3-10H,11-12H2,1-2H3,(H,20,22). The normalized spacial score (nSPS) is 10.6. The number of nitrogens with zero attached hydrogens (tertiary/aromatic N) is 2. The van der Waals surface area contributed by atoms with Crippen molar-refractivity contribution >= 4 is 0 Å². The van der Waals surface area contributed by atoms with E-state index in [1.54, 1.807) is 18.8 Å². The maximum Gasteiger partial charge on any atom is 0.343 e. The summed E-state index contributed by atoms with van der Waals surface area (Å²) in [5, 5.41) is 6.69. The maximum absolute atomic E-state index is 12.1. The summed E-state index contributed by atoms with van der Waals surface area (Å²) < 4.78 is 12.0. The highest BCUT2D eigenvalue weighted by Crippen LogP contribution is 2.16. The number of aromatic nitrogens is 3. The average Bonchev–Trinajstić information content (AvgIpc) is 2.96. The summed E-state index contributed by atoms with van der Waals surface area (Å²) in [5.41, 5.74) is 1.82. The Morgan fingerprint density at radius 1 is 1.00 bits per heavy atom. The number of nitrogens with one attached hydrogen (secondary N) is 1. The van der Waals surface area contributed by atoms with E-state index in [1.807, 2.05) is 48.5 Å². The van der Waals surface area contributed by atoms with Crippen LogP contribution in [0.5, 0.6) is 11.5 Å². The molecule has 1 heterocycles. The molecule has 6 nitrogen and oxygen atoms in total. The average molecular weight is 325 g/mol. The van der Waals surface area contributed by atoms with E-state index in [1.165, 1.54) is 0 Å². The number of benzene rings is 2. The van der Waals surface area contributed by atoms with Crippen molar-refractivity contribution in [3.8, 4) is 11.5 Å². The zero-order valence-corrected chi connectivity index (χ0v) is 13.7. The molecule has 0 unspecified atom stereocenters. The molecule has 0 radical (unpaired) electrons. The van der Waals surface area contributed by atoms with Gasteiger partial charge in [0, 0.05) is 6.42 Å². The highest BCUT2D eigenvalue weighted by Gasteiger charge is 2.10. The molecule has 0 amide bonds. The molecule has 0 aliphatic carbocycles. The summed E-state index contributed by atoms with van der Waals surface area (Å²) in [4.78, 5) is 12.1. The van der Waals surface area contributed by atoms with Crippen LogP contribution in [0.4, 0.5) is 0 Å². The van der Waals surface area contributed by atoms with Crippen LogP contribution in [0.25, 0.3) is 0 Å². The fourth-order valence-corrected chi connectivity index (χ4v) is 2.53. The van der Waals surface area contributed by atoms with E-state index >= 15 is 0 Å². The van der Waals surface area contributed by atoms with Crippen LogP contribution in [-0.2, 0) is 13.0 Å². The predicted molar refractivity (Wildman–Crippen MR) is 90.7 cm³/mol. The van der Waals surface area contributed by atoms with Gasteiger partial charge in [-0.25, -0.2) is 9.89 Å². The molecule has 0 saturated carbocycles. The molecule has 2 aromatic carbocycles. The first kappa shape index (κ1) is 15.9. The van der Waals surface area contributed by atoms with Crippen LogP contribution in [0.15, 0.2) is 53.3 Å². The van der Waals surface area contributed by atoms with Gasteiger partial charge in [-0.05, 0) is 35.4 Å². The van der Waals surface area contributed by atoms with Crippen molar-refractivity contribution in [3.63, 3.8) is 0 Å². The first-order chi connectivity index (χ1) is 11.7. The van der Waals surface area contributed by atoms with Crippen LogP contribution < -0.4 is 15.2 Å². The van der Waals surface area contributed by atoms with E-state index in [0.29, 0.717) is 18.8 Å². The van der Waals surface area contributed by atoms with Crippen molar-refractivity contribution < 1.29 is 9.47 Å². The third kappa shape index (κ3) is 3.48. The van der Waals surface area contributed by atoms with Gasteiger partial charge >= 0.3 is 5.69 Å². The fraction of sp³-hybridized carbons (Fsp3) is 0.222. The Morgan fingerprint density at radius 3 is 2.46 bits per heavy atom. The minimum atomic E-state index is -0.219. The molecule has 124 valence electrons. The Morgan fingerprint density at radius 2 is 1.75 bits per heavy atom. The Bertz CT molecular complexity index is 866. The molecule has 0 saturated heterocycles.